The number of esters is 1. The van der Waals surface area contributed by atoms with Crippen LogP contribution in [0.5, 0.6) is 0 Å². The van der Waals surface area contributed by atoms with E-state index >= 15 is 0 Å². The predicted molar refractivity (Wildman–Crippen MR) is 94.4 cm³/mol. The Morgan fingerprint density at radius 2 is 1.84 bits per heavy atom. The highest BCUT2D eigenvalue weighted by Crippen LogP contribution is 2.27. The molecule has 0 radical (unpaired) electrons. The van der Waals surface area contributed by atoms with E-state index in [4.69, 9.17) is 4.74 Å². The summed E-state index contributed by atoms with van der Waals surface area (Å²) < 4.78 is 5.48. The van der Waals surface area contributed by atoms with Gasteiger partial charge in [0.2, 0.25) is 12.0 Å². The van der Waals surface area contributed by atoms with Gasteiger partial charge in [-0.2, -0.15) is 0 Å². The number of benzene rings is 1. The van der Waals surface area contributed by atoms with Gasteiger partial charge in [-0.1, -0.05) is 30.3 Å². The summed E-state index contributed by atoms with van der Waals surface area (Å²) in [6.07, 6.45) is 0.902. The van der Waals surface area contributed by atoms with E-state index in [0.717, 1.165) is 24.2 Å². The van der Waals surface area contributed by atoms with Crippen molar-refractivity contribution in [2.75, 3.05) is 5.32 Å². The van der Waals surface area contributed by atoms with Crippen molar-refractivity contribution in [3.05, 3.63) is 52.9 Å². The van der Waals surface area contributed by atoms with Crippen LogP contribution in [0.25, 0.3) is 0 Å². The molecule has 0 aliphatic heterocycles. The van der Waals surface area contributed by atoms with E-state index in [1.54, 1.807) is 36.4 Å². The maximum atomic E-state index is 12.5. The first-order valence-corrected chi connectivity index (χ1v) is 8.78. The van der Waals surface area contributed by atoms with Crippen molar-refractivity contribution >= 4 is 34.1 Å². The number of nitrogens with one attached hydrogen (secondary N) is 2. The predicted octanol–water partition coefficient (Wildman–Crippen LogP) is 2.88. The minimum absolute atomic E-state index is 0.172. The van der Waals surface area contributed by atoms with Crippen LogP contribution in [0.4, 0.5) is 5.00 Å². The molecule has 0 unspecified atom stereocenters. The number of rotatable bonds is 6. The quantitative estimate of drug-likeness (QED) is 0.778. The van der Waals surface area contributed by atoms with Gasteiger partial charge in [0.05, 0.1) is 5.00 Å². The molecular weight excluding hydrogens is 340 g/mol. The Labute approximate surface area is 149 Å². The van der Waals surface area contributed by atoms with Crippen molar-refractivity contribution in [1.82, 2.24) is 5.32 Å². The normalized spacial score (nSPS) is 14.4. The Bertz CT molecular complexity index is 783. The Morgan fingerprint density at radius 1 is 1.12 bits per heavy atom. The molecule has 1 aromatic heterocycles. The second-order valence-corrected chi connectivity index (χ2v) is 6.91. The number of ether oxygens (including phenoxy) is 1. The van der Waals surface area contributed by atoms with E-state index in [-0.39, 0.29) is 17.9 Å². The first-order valence-electron chi connectivity index (χ1n) is 7.96. The molecular formula is C18H18N2O4S. The summed E-state index contributed by atoms with van der Waals surface area (Å²) in [7, 11) is 0. The lowest BCUT2D eigenvalue weighted by Crippen LogP contribution is -2.33. The number of carbonyl (C=O) groups excluding carboxylic acids is 3. The smallest absolute Gasteiger partial charge is 0.349 e. The van der Waals surface area contributed by atoms with Gasteiger partial charge in [0.1, 0.15) is 4.88 Å². The fourth-order valence-corrected chi connectivity index (χ4v) is 3.09. The van der Waals surface area contributed by atoms with Crippen molar-refractivity contribution in [3.63, 3.8) is 0 Å². The van der Waals surface area contributed by atoms with Crippen molar-refractivity contribution < 1.29 is 19.1 Å². The third-order valence-electron chi connectivity index (χ3n) is 3.60. The number of anilines is 1. The van der Waals surface area contributed by atoms with Gasteiger partial charge in [-0.05, 0) is 25.0 Å². The van der Waals surface area contributed by atoms with Crippen LogP contribution < -0.4 is 10.6 Å². The summed E-state index contributed by atoms with van der Waals surface area (Å²) in [6.45, 7) is 1.39. The van der Waals surface area contributed by atoms with Crippen molar-refractivity contribution in [1.29, 1.82) is 0 Å². The fraction of sp³-hybridized carbons (Fsp3) is 0.278. The molecule has 6 nitrogen and oxygen atoms in total. The molecule has 1 saturated carbocycles. The van der Waals surface area contributed by atoms with E-state index in [1.165, 1.54) is 6.92 Å². The van der Waals surface area contributed by atoms with Gasteiger partial charge < -0.3 is 15.4 Å². The first-order chi connectivity index (χ1) is 12.0. The summed E-state index contributed by atoms with van der Waals surface area (Å²) in [5, 5.41) is 6.04. The van der Waals surface area contributed by atoms with E-state index in [1.807, 2.05) is 6.07 Å². The summed E-state index contributed by atoms with van der Waals surface area (Å²) >= 11 is 1.11. The second kappa shape index (κ2) is 7.48. The van der Waals surface area contributed by atoms with Gasteiger partial charge in [-0.3, -0.25) is 9.59 Å². The first kappa shape index (κ1) is 17.2. The standard InChI is InChI=1S/C18H18N2O4S/c1-11(21)19-15-10-9-14(25-15)18(23)24-16(12-5-3-2-4-6-12)17(22)20-13-7-8-13/h2-6,9-10,13,16H,7-8H2,1H3,(H,19,21)(H,20,22)/t16-/m1/s1. The summed E-state index contributed by atoms with van der Waals surface area (Å²) in [5.41, 5.74) is 0.618. The van der Waals surface area contributed by atoms with Gasteiger partial charge in [-0.25, -0.2) is 4.79 Å². The minimum atomic E-state index is -0.999. The molecule has 0 saturated heterocycles. The van der Waals surface area contributed by atoms with Crippen molar-refractivity contribution in [3.8, 4) is 0 Å². The average molecular weight is 358 g/mol. The molecule has 2 aromatic rings. The van der Waals surface area contributed by atoms with Crippen LogP contribution >= 0.6 is 11.3 Å². The van der Waals surface area contributed by atoms with Crippen LogP contribution in [-0.2, 0) is 14.3 Å². The lowest BCUT2D eigenvalue weighted by Gasteiger charge is -2.17. The molecule has 1 aromatic carbocycles. The van der Waals surface area contributed by atoms with Crippen LogP contribution in [0.3, 0.4) is 0 Å². The molecule has 1 fully saturated rings. The van der Waals surface area contributed by atoms with Crippen LogP contribution in [0.15, 0.2) is 42.5 Å². The van der Waals surface area contributed by atoms with E-state index in [2.05, 4.69) is 10.6 Å². The summed E-state index contributed by atoms with van der Waals surface area (Å²) in [5.74, 6) is -1.13. The highest BCUT2D eigenvalue weighted by Gasteiger charge is 2.31. The molecule has 0 spiro atoms. The van der Waals surface area contributed by atoms with Crippen LogP contribution in [0.1, 0.15) is 41.1 Å². The van der Waals surface area contributed by atoms with Crippen LogP contribution in [0.2, 0.25) is 0 Å². The summed E-state index contributed by atoms with van der Waals surface area (Å²) in [6, 6.07) is 12.3. The largest absolute Gasteiger partial charge is 0.443 e. The van der Waals surface area contributed by atoms with Gasteiger partial charge in [0.15, 0.2) is 0 Å². The van der Waals surface area contributed by atoms with E-state index in [9.17, 15) is 14.4 Å². The Balaban J connectivity index is 1.74. The molecule has 0 bridgehead atoms. The summed E-state index contributed by atoms with van der Waals surface area (Å²) in [4.78, 5) is 36.3. The fourth-order valence-electron chi connectivity index (χ4n) is 2.26. The molecule has 1 aliphatic rings. The molecule has 2 amide bonds. The number of hydrogen-bond donors (Lipinski definition) is 2. The van der Waals surface area contributed by atoms with Gasteiger partial charge in [-0.15, -0.1) is 11.3 Å². The van der Waals surface area contributed by atoms with Crippen molar-refractivity contribution in [2.24, 2.45) is 0 Å². The zero-order valence-corrected chi connectivity index (χ0v) is 14.5. The monoisotopic (exact) mass is 358 g/mol. The Morgan fingerprint density at radius 3 is 2.48 bits per heavy atom. The molecule has 2 N–H and O–H groups in total. The second-order valence-electron chi connectivity index (χ2n) is 5.82. The lowest BCUT2D eigenvalue weighted by atomic mass is 10.1. The zero-order chi connectivity index (χ0) is 17.8. The molecule has 25 heavy (non-hydrogen) atoms. The number of thiophene rings is 1. The zero-order valence-electron chi connectivity index (χ0n) is 13.7. The average Bonchev–Trinajstić information content (AvgIpc) is 3.28. The number of amides is 2. The molecule has 1 heterocycles. The molecule has 1 atom stereocenters. The highest BCUT2D eigenvalue weighted by atomic mass is 32.1. The van der Waals surface area contributed by atoms with Crippen LogP contribution in [-0.4, -0.2) is 23.8 Å². The SMILES string of the molecule is CC(=O)Nc1ccc(C(=O)O[C@@H](C(=O)NC2CC2)c2ccccc2)s1. The van der Waals surface area contributed by atoms with Gasteiger partial charge in [0, 0.05) is 18.5 Å². The third kappa shape index (κ3) is 4.67. The van der Waals surface area contributed by atoms with E-state index < -0.39 is 12.1 Å². The molecule has 7 heteroatoms. The third-order valence-corrected chi connectivity index (χ3v) is 4.58. The Kier molecular flexibility index (Phi) is 5.14. The van der Waals surface area contributed by atoms with Gasteiger partial charge >= 0.3 is 5.97 Å². The van der Waals surface area contributed by atoms with Gasteiger partial charge in [0.25, 0.3) is 5.91 Å². The van der Waals surface area contributed by atoms with E-state index in [0.29, 0.717) is 15.4 Å². The maximum Gasteiger partial charge on any atom is 0.349 e. The topological polar surface area (TPSA) is 84.5 Å². The maximum absolute atomic E-state index is 12.5. The van der Waals surface area contributed by atoms with Crippen LogP contribution in [0, 0.1) is 0 Å². The number of carbonyl (C=O) groups is 3. The minimum Gasteiger partial charge on any atom is -0.443 e. The molecule has 130 valence electrons. The molecule has 1 aliphatic carbocycles. The molecule has 3 rings (SSSR count). The Hall–Kier alpha value is -2.67. The van der Waals surface area contributed by atoms with Crippen molar-refractivity contribution in [2.45, 2.75) is 31.9 Å². The highest BCUT2D eigenvalue weighted by molar-refractivity contribution is 7.18. The lowest BCUT2D eigenvalue weighted by molar-refractivity contribution is -0.130. The number of hydrogen-bond acceptors (Lipinski definition) is 5.